The van der Waals surface area contributed by atoms with Crippen LogP contribution in [0.4, 0.5) is 5.69 Å². The standard InChI is InChI=1S/C11H12N2O/c1-8-10(7-11(14)12-8)13-9-5-3-2-4-6-9/h2-8,13H,1H3,(H,12,14). The van der Waals surface area contributed by atoms with E-state index in [-0.39, 0.29) is 11.9 Å². The Morgan fingerprint density at radius 2 is 2.00 bits per heavy atom. The topological polar surface area (TPSA) is 41.1 Å². The van der Waals surface area contributed by atoms with Crippen LogP contribution >= 0.6 is 0 Å². The molecule has 1 aliphatic heterocycles. The molecule has 3 nitrogen and oxygen atoms in total. The van der Waals surface area contributed by atoms with E-state index < -0.39 is 0 Å². The van der Waals surface area contributed by atoms with Crippen molar-refractivity contribution in [1.82, 2.24) is 5.32 Å². The van der Waals surface area contributed by atoms with Crippen molar-refractivity contribution in [3.63, 3.8) is 0 Å². The third-order valence-corrected chi connectivity index (χ3v) is 2.17. The van der Waals surface area contributed by atoms with E-state index in [4.69, 9.17) is 0 Å². The molecule has 1 atom stereocenters. The predicted octanol–water partition coefficient (Wildman–Crippen LogP) is 1.50. The van der Waals surface area contributed by atoms with Gasteiger partial charge in [-0.3, -0.25) is 4.79 Å². The molecule has 2 N–H and O–H groups in total. The number of benzene rings is 1. The van der Waals surface area contributed by atoms with E-state index in [9.17, 15) is 4.79 Å². The van der Waals surface area contributed by atoms with Gasteiger partial charge in [0.15, 0.2) is 0 Å². The summed E-state index contributed by atoms with van der Waals surface area (Å²) in [6.45, 7) is 1.95. The number of carbonyl (C=O) groups excluding carboxylic acids is 1. The van der Waals surface area contributed by atoms with Crippen molar-refractivity contribution >= 4 is 11.6 Å². The fourth-order valence-corrected chi connectivity index (χ4v) is 1.43. The summed E-state index contributed by atoms with van der Waals surface area (Å²) >= 11 is 0. The highest BCUT2D eigenvalue weighted by Gasteiger charge is 2.18. The molecule has 1 aromatic carbocycles. The largest absolute Gasteiger partial charge is 0.357 e. The van der Waals surface area contributed by atoms with Crippen molar-refractivity contribution in [2.75, 3.05) is 5.32 Å². The van der Waals surface area contributed by atoms with E-state index in [0.29, 0.717) is 0 Å². The molecule has 1 heterocycles. The highest BCUT2D eigenvalue weighted by atomic mass is 16.1. The molecule has 14 heavy (non-hydrogen) atoms. The van der Waals surface area contributed by atoms with Crippen molar-refractivity contribution in [2.24, 2.45) is 0 Å². The number of rotatable bonds is 2. The van der Waals surface area contributed by atoms with Gasteiger partial charge >= 0.3 is 0 Å². The molecule has 0 saturated heterocycles. The summed E-state index contributed by atoms with van der Waals surface area (Å²) in [5.41, 5.74) is 1.92. The number of para-hydroxylation sites is 1. The summed E-state index contributed by atoms with van der Waals surface area (Å²) in [4.78, 5) is 11.0. The molecule has 1 aromatic rings. The third kappa shape index (κ3) is 1.76. The molecule has 3 heteroatoms. The van der Waals surface area contributed by atoms with Crippen molar-refractivity contribution < 1.29 is 4.79 Å². The molecule has 2 rings (SSSR count). The van der Waals surface area contributed by atoms with Crippen molar-refractivity contribution in [3.05, 3.63) is 42.1 Å². The molecule has 0 radical (unpaired) electrons. The number of nitrogens with one attached hydrogen (secondary N) is 2. The minimum absolute atomic E-state index is 0.0315. The van der Waals surface area contributed by atoms with E-state index >= 15 is 0 Å². The normalized spacial score (nSPS) is 20.2. The predicted molar refractivity (Wildman–Crippen MR) is 55.8 cm³/mol. The Balaban J connectivity index is 2.12. The zero-order valence-corrected chi connectivity index (χ0v) is 7.95. The second-order valence-corrected chi connectivity index (χ2v) is 3.32. The van der Waals surface area contributed by atoms with Gasteiger partial charge in [0.2, 0.25) is 5.91 Å². The van der Waals surface area contributed by atoms with E-state index in [1.165, 1.54) is 0 Å². The average Bonchev–Trinajstić information content (AvgIpc) is 2.47. The molecule has 0 fully saturated rings. The van der Waals surface area contributed by atoms with Gasteiger partial charge in [0.25, 0.3) is 0 Å². The van der Waals surface area contributed by atoms with Crippen molar-refractivity contribution in [2.45, 2.75) is 13.0 Å². The van der Waals surface area contributed by atoms with Crippen LogP contribution < -0.4 is 10.6 Å². The summed E-state index contributed by atoms with van der Waals surface area (Å²) < 4.78 is 0. The quantitative estimate of drug-likeness (QED) is 0.738. The first-order chi connectivity index (χ1) is 6.75. The molecule has 1 unspecified atom stereocenters. The number of carbonyl (C=O) groups is 1. The lowest BCUT2D eigenvalue weighted by Gasteiger charge is -2.11. The molecule has 0 aliphatic carbocycles. The minimum atomic E-state index is -0.0315. The monoisotopic (exact) mass is 188 g/mol. The lowest BCUT2D eigenvalue weighted by atomic mass is 10.2. The van der Waals surface area contributed by atoms with Gasteiger partial charge in [-0.15, -0.1) is 0 Å². The van der Waals surface area contributed by atoms with Crippen LogP contribution in [0, 0.1) is 0 Å². The Morgan fingerprint density at radius 1 is 1.29 bits per heavy atom. The molecule has 0 saturated carbocycles. The van der Waals surface area contributed by atoms with Crippen LogP contribution in [-0.4, -0.2) is 11.9 Å². The average molecular weight is 188 g/mol. The smallest absolute Gasteiger partial charge is 0.246 e. The second kappa shape index (κ2) is 3.54. The van der Waals surface area contributed by atoms with Crippen LogP contribution in [0.5, 0.6) is 0 Å². The zero-order chi connectivity index (χ0) is 9.97. The van der Waals surface area contributed by atoms with E-state index in [0.717, 1.165) is 11.4 Å². The molecule has 0 bridgehead atoms. The van der Waals surface area contributed by atoms with Gasteiger partial charge in [0, 0.05) is 17.5 Å². The van der Waals surface area contributed by atoms with Crippen LogP contribution in [0.1, 0.15) is 6.92 Å². The zero-order valence-electron chi connectivity index (χ0n) is 7.95. The highest BCUT2D eigenvalue weighted by molar-refractivity contribution is 5.92. The van der Waals surface area contributed by atoms with Gasteiger partial charge in [-0.1, -0.05) is 18.2 Å². The molecule has 1 aliphatic rings. The summed E-state index contributed by atoms with van der Waals surface area (Å²) in [7, 11) is 0. The molecule has 1 amide bonds. The third-order valence-electron chi connectivity index (χ3n) is 2.17. The maximum absolute atomic E-state index is 11.0. The first kappa shape index (κ1) is 8.81. The first-order valence-electron chi connectivity index (χ1n) is 4.60. The first-order valence-corrected chi connectivity index (χ1v) is 4.60. The number of anilines is 1. The molecular formula is C11H12N2O. The van der Waals surface area contributed by atoms with E-state index in [1.807, 2.05) is 37.3 Å². The van der Waals surface area contributed by atoms with Crippen LogP contribution in [0.15, 0.2) is 42.1 Å². The minimum Gasteiger partial charge on any atom is -0.357 e. The highest BCUT2D eigenvalue weighted by Crippen LogP contribution is 2.14. The van der Waals surface area contributed by atoms with Crippen LogP contribution in [0.25, 0.3) is 0 Å². The van der Waals surface area contributed by atoms with E-state index in [2.05, 4.69) is 10.6 Å². The van der Waals surface area contributed by atoms with E-state index in [1.54, 1.807) is 6.08 Å². The number of hydrogen-bond donors (Lipinski definition) is 2. The summed E-state index contributed by atoms with van der Waals surface area (Å²) in [5.74, 6) is -0.0315. The fraction of sp³-hybridized carbons (Fsp3) is 0.182. The molecule has 0 spiro atoms. The lowest BCUT2D eigenvalue weighted by molar-refractivity contribution is -0.116. The van der Waals surface area contributed by atoms with Gasteiger partial charge in [0.1, 0.15) is 0 Å². The number of hydrogen-bond acceptors (Lipinski definition) is 2. The lowest BCUT2D eigenvalue weighted by Crippen LogP contribution is -2.26. The van der Waals surface area contributed by atoms with Crippen LogP contribution in [-0.2, 0) is 4.79 Å². The summed E-state index contributed by atoms with van der Waals surface area (Å²) in [6, 6.07) is 9.88. The SMILES string of the molecule is CC1NC(=O)C=C1Nc1ccccc1. The summed E-state index contributed by atoms with van der Waals surface area (Å²) in [5, 5.41) is 5.99. The Labute approximate surface area is 82.8 Å². The molecular weight excluding hydrogens is 176 g/mol. The van der Waals surface area contributed by atoms with Crippen LogP contribution in [0.3, 0.4) is 0 Å². The van der Waals surface area contributed by atoms with Gasteiger partial charge in [-0.05, 0) is 19.1 Å². The Morgan fingerprint density at radius 3 is 2.57 bits per heavy atom. The number of amides is 1. The second-order valence-electron chi connectivity index (χ2n) is 3.32. The van der Waals surface area contributed by atoms with Gasteiger partial charge in [-0.2, -0.15) is 0 Å². The maximum atomic E-state index is 11.0. The van der Waals surface area contributed by atoms with Gasteiger partial charge in [0.05, 0.1) is 6.04 Å². The Kier molecular flexibility index (Phi) is 2.23. The van der Waals surface area contributed by atoms with Crippen LogP contribution in [0.2, 0.25) is 0 Å². The van der Waals surface area contributed by atoms with Crippen molar-refractivity contribution in [3.8, 4) is 0 Å². The van der Waals surface area contributed by atoms with Gasteiger partial charge < -0.3 is 10.6 Å². The molecule has 0 aromatic heterocycles. The van der Waals surface area contributed by atoms with Crippen molar-refractivity contribution in [1.29, 1.82) is 0 Å². The summed E-state index contributed by atoms with van der Waals surface area (Å²) in [6.07, 6.45) is 1.59. The fourth-order valence-electron chi connectivity index (χ4n) is 1.43. The Bertz CT molecular complexity index is 370. The maximum Gasteiger partial charge on any atom is 0.246 e. The Hall–Kier alpha value is -1.77. The van der Waals surface area contributed by atoms with Gasteiger partial charge in [-0.25, -0.2) is 0 Å². The molecule has 72 valence electrons.